The molecule has 3 aromatic rings. The van der Waals surface area contributed by atoms with E-state index in [0.717, 1.165) is 49.2 Å². The number of nitrogens with one attached hydrogen (secondary N) is 1. The van der Waals surface area contributed by atoms with Gasteiger partial charge in [0.25, 0.3) is 11.8 Å². The molecule has 0 bridgehead atoms. The third-order valence-corrected chi connectivity index (χ3v) is 7.54. The van der Waals surface area contributed by atoms with Crippen molar-refractivity contribution >= 4 is 17.8 Å². The summed E-state index contributed by atoms with van der Waals surface area (Å²) in [5.41, 5.74) is 3.66. The molecule has 9 nitrogen and oxygen atoms in total. The Balaban J connectivity index is 0.00000336. The molecule has 10 heteroatoms. The van der Waals surface area contributed by atoms with Crippen LogP contribution in [0.1, 0.15) is 67.4 Å². The number of fused-ring (bicyclic) bond motifs is 2. The zero-order valence-electron chi connectivity index (χ0n) is 22.1. The Morgan fingerprint density at radius 3 is 2.18 bits per heavy atom. The second-order valence-corrected chi connectivity index (χ2v) is 9.99. The van der Waals surface area contributed by atoms with Crippen LogP contribution in [0.3, 0.4) is 0 Å². The zero-order valence-corrected chi connectivity index (χ0v) is 22.1. The molecule has 2 aliphatic rings. The fourth-order valence-corrected chi connectivity index (χ4v) is 5.32. The fraction of sp³-hybridized carbons (Fsp3) is 0.357. The van der Waals surface area contributed by atoms with E-state index < -0.39 is 5.97 Å². The molecular formula is C28H30LiN5O4. The number of carboxylic acids is 1. The summed E-state index contributed by atoms with van der Waals surface area (Å²) >= 11 is 0. The molecule has 0 atom stereocenters. The molecule has 2 heterocycles. The minimum absolute atomic E-state index is 0. The van der Waals surface area contributed by atoms with Gasteiger partial charge in [-0.25, -0.2) is 4.98 Å². The van der Waals surface area contributed by atoms with Crippen LogP contribution in [-0.2, 0) is 25.2 Å². The number of carboxylic acid groups (broad SMARTS) is 1. The van der Waals surface area contributed by atoms with Crippen LogP contribution in [0.15, 0.2) is 54.7 Å². The molecule has 0 unspecified atom stereocenters. The van der Waals surface area contributed by atoms with Crippen LogP contribution in [-0.4, -0.2) is 57.8 Å². The van der Waals surface area contributed by atoms with Crippen LogP contribution in [0.25, 0.3) is 0 Å². The van der Waals surface area contributed by atoms with E-state index >= 15 is 0 Å². The van der Waals surface area contributed by atoms with Crippen LogP contribution in [0.4, 0.5) is 0 Å². The van der Waals surface area contributed by atoms with Gasteiger partial charge >= 0.3 is 18.9 Å². The second-order valence-electron chi connectivity index (χ2n) is 9.99. The number of amides is 2. The van der Waals surface area contributed by atoms with Gasteiger partial charge in [0.2, 0.25) is 0 Å². The summed E-state index contributed by atoms with van der Waals surface area (Å²) in [6.07, 6.45) is 5.00. The number of imidazole rings is 1. The Hall–Kier alpha value is -3.38. The Kier molecular flexibility index (Phi) is 8.12. The fourth-order valence-electron chi connectivity index (χ4n) is 5.32. The van der Waals surface area contributed by atoms with Gasteiger partial charge in [-0.3, -0.25) is 14.5 Å². The predicted octanol–water partition coefficient (Wildman–Crippen LogP) is -1.22. The summed E-state index contributed by atoms with van der Waals surface area (Å²) in [5.74, 6) is -1.09. The van der Waals surface area contributed by atoms with E-state index in [1.807, 2.05) is 35.0 Å². The number of nitrogens with zero attached hydrogens (tertiary/aromatic N) is 4. The first-order valence-corrected chi connectivity index (χ1v) is 12.5. The normalized spacial score (nSPS) is 15.6. The van der Waals surface area contributed by atoms with Gasteiger partial charge in [-0.1, -0.05) is 36.4 Å². The first kappa shape index (κ1) is 27.6. The molecule has 5 rings (SSSR count). The van der Waals surface area contributed by atoms with E-state index in [9.17, 15) is 19.5 Å². The van der Waals surface area contributed by atoms with E-state index in [1.54, 1.807) is 31.1 Å². The topological polar surface area (TPSA) is 111 Å². The molecule has 0 saturated heterocycles. The molecule has 2 amide bonds. The van der Waals surface area contributed by atoms with Crippen LogP contribution in [0.5, 0.6) is 0 Å². The van der Waals surface area contributed by atoms with Crippen LogP contribution < -0.4 is 29.3 Å². The van der Waals surface area contributed by atoms with Crippen molar-refractivity contribution in [1.82, 2.24) is 24.7 Å². The van der Waals surface area contributed by atoms with Crippen molar-refractivity contribution < 1.29 is 38.4 Å². The first-order valence-electron chi connectivity index (χ1n) is 12.5. The van der Waals surface area contributed by atoms with Gasteiger partial charge in [0.15, 0.2) is 5.82 Å². The van der Waals surface area contributed by atoms with Gasteiger partial charge in [-0.2, -0.15) is 0 Å². The maximum absolute atomic E-state index is 13.0. The van der Waals surface area contributed by atoms with Crippen molar-refractivity contribution in [2.75, 3.05) is 20.6 Å². The molecule has 1 saturated carbocycles. The average Bonchev–Trinajstić information content (AvgIpc) is 3.31. The maximum atomic E-state index is 13.0. The summed E-state index contributed by atoms with van der Waals surface area (Å²) in [6.45, 7) is 2.51. The van der Waals surface area contributed by atoms with Crippen molar-refractivity contribution in [2.45, 2.75) is 44.4 Å². The third-order valence-electron chi connectivity index (χ3n) is 7.54. The molecule has 38 heavy (non-hydrogen) atoms. The monoisotopic (exact) mass is 507 g/mol. The van der Waals surface area contributed by atoms with Crippen LogP contribution >= 0.6 is 0 Å². The third kappa shape index (κ3) is 5.14. The number of carbonyl (C=O) groups excluding carboxylic acids is 3. The molecule has 0 radical (unpaired) electrons. The summed E-state index contributed by atoms with van der Waals surface area (Å²) in [5, 5.41) is 13.8. The van der Waals surface area contributed by atoms with E-state index in [0.29, 0.717) is 17.9 Å². The molecule has 1 aromatic heterocycles. The van der Waals surface area contributed by atoms with Crippen molar-refractivity contribution in [3.05, 3.63) is 88.5 Å². The summed E-state index contributed by atoms with van der Waals surface area (Å²) in [4.78, 5) is 44.7. The first-order chi connectivity index (χ1) is 17.8. The number of aromatic nitrogens is 2. The summed E-state index contributed by atoms with van der Waals surface area (Å²) in [7, 11) is 3.50. The van der Waals surface area contributed by atoms with Gasteiger partial charge in [0.1, 0.15) is 0 Å². The molecule has 2 aromatic carbocycles. The molecule has 1 spiro atoms. The van der Waals surface area contributed by atoms with Gasteiger partial charge in [0.05, 0.1) is 23.4 Å². The van der Waals surface area contributed by atoms with E-state index in [-0.39, 0.29) is 48.3 Å². The zero-order chi connectivity index (χ0) is 26.2. The molecule has 1 fully saturated rings. The van der Waals surface area contributed by atoms with Gasteiger partial charge < -0.3 is 24.7 Å². The Morgan fingerprint density at radius 1 is 0.974 bits per heavy atom. The Morgan fingerprint density at radius 2 is 1.61 bits per heavy atom. The largest absolute Gasteiger partial charge is 1.00 e. The number of hydrogen-bond acceptors (Lipinski definition) is 6. The van der Waals surface area contributed by atoms with Crippen molar-refractivity contribution in [3.8, 4) is 0 Å². The number of benzene rings is 2. The molecule has 192 valence electrons. The van der Waals surface area contributed by atoms with Gasteiger partial charge in [0, 0.05) is 45.8 Å². The molecule has 1 aliphatic heterocycles. The van der Waals surface area contributed by atoms with Crippen LogP contribution in [0.2, 0.25) is 0 Å². The average molecular weight is 508 g/mol. The minimum atomic E-state index is -1.23. The van der Waals surface area contributed by atoms with E-state index in [4.69, 9.17) is 0 Å². The molecule has 1 aliphatic carbocycles. The number of hydrogen-bond donors (Lipinski definition) is 1. The van der Waals surface area contributed by atoms with Crippen LogP contribution in [0, 0.1) is 0 Å². The van der Waals surface area contributed by atoms with Crippen molar-refractivity contribution in [1.29, 1.82) is 0 Å². The second kappa shape index (κ2) is 11.2. The number of carbonyl (C=O) groups is 3. The smallest absolute Gasteiger partial charge is 0.545 e. The Bertz CT molecular complexity index is 1330. The van der Waals surface area contributed by atoms with E-state index in [1.165, 1.54) is 12.1 Å². The van der Waals surface area contributed by atoms with E-state index in [2.05, 4.69) is 15.2 Å². The molecule has 1 N–H and O–H groups in total. The SMILES string of the molecule is CN(C)C(=O)c1ccc(CN2CCn3c(cnc3C(=O)NCc3ccc(C(=O)[O-])cc3)C23CCC3)cc1.[Li+]. The Labute approximate surface area is 234 Å². The van der Waals surface area contributed by atoms with Gasteiger partial charge in [-0.15, -0.1) is 0 Å². The standard InChI is InChI=1S/C28H31N5O4.Li/c1-31(2)26(35)21-8-6-20(7-9-21)18-32-14-15-33-23(28(32)12-3-13-28)17-29-24(33)25(34)30-16-19-4-10-22(11-5-19)27(36)37;/h4-11,17H,3,12-16,18H2,1-2H3,(H,30,34)(H,36,37);/q;+1/p-1. The van der Waals surface area contributed by atoms with Crippen molar-refractivity contribution in [2.24, 2.45) is 0 Å². The minimum Gasteiger partial charge on any atom is -0.545 e. The predicted molar refractivity (Wildman–Crippen MR) is 135 cm³/mol. The maximum Gasteiger partial charge on any atom is 1.00 e. The van der Waals surface area contributed by atoms with Gasteiger partial charge in [-0.05, 0) is 48.1 Å². The summed E-state index contributed by atoms with van der Waals surface area (Å²) in [6, 6.07) is 14.1. The summed E-state index contributed by atoms with van der Waals surface area (Å²) < 4.78 is 2.04. The number of rotatable bonds is 7. The molecular weight excluding hydrogens is 477 g/mol. The van der Waals surface area contributed by atoms with Crippen molar-refractivity contribution in [3.63, 3.8) is 0 Å². The number of aromatic carboxylic acids is 1. The quantitative estimate of drug-likeness (QED) is 0.402.